The van der Waals surface area contributed by atoms with Crippen molar-refractivity contribution >= 4 is 46.0 Å². The first-order valence-electron chi connectivity index (χ1n) is 8.28. The van der Waals surface area contributed by atoms with E-state index in [4.69, 9.17) is 21.7 Å². The number of nitro benzene ring substituents is 1. The first-order valence-corrected chi connectivity index (χ1v) is 9.50. The Morgan fingerprint density at radius 3 is 2.54 bits per heavy atom. The third-order valence-corrected chi connectivity index (χ3v) is 4.93. The Morgan fingerprint density at radius 1 is 1.18 bits per heavy atom. The van der Waals surface area contributed by atoms with Crippen LogP contribution in [0.25, 0.3) is 6.08 Å². The molecule has 144 valence electrons. The van der Waals surface area contributed by atoms with Crippen LogP contribution in [-0.4, -0.2) is 28.4 Å². The zero-order valence-electron chi connectivity index (χ0n) is 14.8. The number of hydrogen-bond donors (Lipinski definition) is 1. The molecule has 0 radical (unpaired) electrons. The lowest BCUT2D eigenvalue weighted by atomic mass is 10.1. The van der Waals surface area contributed by atoms with Crippen molar-refractivity contribution in [3.8, 4) is 11.5 Å². The molecule has 1 saturated heterocycles. The van der Waals surface area contributed by atoms with Crippen LogP contribution in [0.5, 0.6) is 11.5 Å². The number of non-ortho nitro benzene ring substituents is 1. The van der Waals surface area contributed by atoms with Crippen molar-refractivity contribution < 1.29 is 19.2 Å². The SMILES string of the molecule is Cc1ccc(OCCOc2ccc([N+](=O)[O-])cc2/C=C2\SC(=S)NC2=O)cc1. The second-order valence-electron chi connectivity index (χ2n) is 5.84. The molecule has 0 saturated carbocycles. The Morgan fingerprint density at radius 2 is 1.89 bits per heavy atom. The average molecular weight is 416 g/mol. The topological polar surface area (TPSA) is 90.7 Å². The molecule has 0 bridgehead atoms. The molecule has 28 heavy (non-hydrogen) atoms. The molecule has 0 spiro atoms. The van der Waals surface area contributed by atoms with Crippen LogP contribution in [0.15, 0.2) is 47.4 Å². The monoisotopic (exact) mass is 416 g/mol. The summed E-state index contributed by atoms with van der Waals surface area (Å²) in [6, 6.07) is 11.9. The molecule has 1 aliphatic rings. The summed E-state index contributed by atoms with van der Waals surface area (Å²) in [6.07, 6.45) is 1.53. The fourth-order valence-corrected chi connectivity index (χ4v) is 3.44. The van der Waals surface area contributed by atoms with Gasteiger partial charge in [0.05, 0.1) is 9.83 Å². The molecular weight excluding hydrogens is 400 g/mol. The second kappa shape index (κ2) is 8.85. The molecule has 0 unspecified atom stereocenters. The highest BCUT2D eigenvalue weighted by atomic mass is 32.2. The summed E-state index contributed by atoms with van der Waals surface area (Å²) in [5.41, 5.74) is 1.47. The van der Waals surface area contributed by atoms with E-state index in [0.717, 1.165) is 23.1 Å². The maximum Gasteiger partial charge on any atom is 0.270 e. The number of rotatable bonds is 7. The summed E-state index contributed by atoms with van der Waals surface area (Å²) in [7, 11) is 0. The summed E-state index contributed by atoms with van der Waals surface area (Å²) < 4.78 is 11.7. The van der Waals surface area contributed by atoms with Crippen molar-refractivity contribution in [2.75, 3.05) is 13.2 Å². The van der Waals surface area contributed by atoms with E-state index in [2.05, 4.69) is 5.32 Å². The Balaban J connectivity index is 1.71. The highest BCUT2D eigenvalue weighted by Crippen LogP contribution is 2.31. The third kappa shape index (κ3) is 5.08. The van der Waals surface area contributed by atoms with E-state index < -0.39 is 4.92 Å². The molecule has 0 aromatic heterocycles. The van der Waals surface area contributed by atoms with Crippen molar-refractivity contribution in [2.45, 2.75) is 6.92 Å². The smallest absolute Gasteiger partial charge is 0.270 e. The van der Waals surface area contributed by atoms with Crippen molar-refractivity contribution in [2.24, 2.45) is 0 Å². The van der Waals surface area contributed by atoms with Crippen LogP contribution >= 0.6 is 24.0 Å². The van der Waals surface area contributed by atoms with Crippen LogP contribution < -0.4 is 14.8 Å². The lowest BCUT2D eigenvalue weighted by molar-refractivity contribution is -0.384. The second-order valence-corrected chi connectivity index (χ2v) is 7.56. The highest BCUT2D eigenvalue weighted by molar-refractivity contribution is 8.26. The Labute approximate surface area is 170 Å². The van der Waals surface area contributed by atoms with Crippen LogP contribution in [0.2, 0.25) is 0 Å². The zero-order chi connectivity index (χ0) is 20.1. The Hall–Kier alpha value is -2.91. The predicted octanol–water partition coefficient (Wildman–Crippen LogP) is 3.85. The van der Waals surface area contributed by atoms with Crippen LogP contribution in [0, 0.1) is 17.0 Å². The molecule has 1 amide bonds. The van der Waals surface area contributed by atoms with E-state index in [1.807, 2.05) is 31.2 Å². The number of thioether (sulfide) groups is 1. The van der Waals surface area contributed by atoms with E-state index in [-0.39, 0.29) is 18.2 Å². The number of ether oxygens (including phenoxy) is 2. The quantitative estimate of drug-likeness (QED) is 0.241. The van der Waals surface area contributed by atoms with Crippen molar-refractivity contribution in [1.82, 2.24) is 5.32 Å². The van der Waals surface area contributed by atoms with Crippen molar-refractivity contribution in [3.05, 3.63) is 68.6 Å². The van der Waals surface area contributed by atoms with Gasteiger partial charge in [0.15, 0.2) is 0 Å². The normalized spacial score (nSPS) is 14.8. The molecule has 2 aromatic rings. The largest absolute Gasteiger partial charge is 0.490 e. The van der Waals surface area contributed by atoms with Gasteiger partial charge in [-0.1, -0.05) is 41.7 Å². The van der Waals surface area contributed by atoms with Gasteiger partial charge in [-0.3, -0.25) is 14.9 Å². The Bertz CT molecular complexity index is 957. The van der Waals surface area contributed by atoms with E-state index in [1.54, 1.807) is 0 Å². The molecular formula is C19H16N2O5S2. The number of aryl methyl sites for hydroxylation is 1. The summed E-state index contributed by atoms with van der Waals surface area (Å²) in [5, 5.41) is 13.6. The highest BCUT2D eigenvalue weighted by Gasteiger charge is 2.23. The molecule has 0 atom stereocenters. The van der Waals surface area contributed by atoms with Gasteiger partial charge in [0, 0.05) is 17.7 Å². The number of hydrogen-bond acceptors (Lipinski definition) is 7. The van der Waals surface area contributed by atoms with E-state index in [0.29, 0.717) is 27.1 Å². The number of nitrogens with zero attached hydrogens (tertiary/aromatic N) is 1. The third-order valence-electron chi connectivity index (χ3n) is 3.76. The van der Waals surface area contributed by atoms with E-state index >= 15 is 0 Å². The summed E-state index contributed by atoms with van der Waals surface area (Å²) in [6.45, 7) is 2.53. The lowest BCUT2D eigenvalue weighted by Gasteiger charge is -2.11. The van der Waals surface area contributed by atoms with Gasteiger partial charge in [-0.15, -0.1) is 0 Å². The number of thiocarbonyl (C=S) groups is 1. The number of carbonyl (C=O) groups excluding carboxylic acids is 1. The lowest BCUT2D eigenvalue weighted by Crippen LogP contribution is -2.17. The van der Waals surface area contributed by atoms with Crippen LogP contribution in [-0.2, 0) is 4.79 Å². The number of nitrogens with one attached hydrogen (secondary N) is 1. The average Bonchev–Trinajstić information content (AvgIpc) is 2.98. The van der Waals surface area contributed by atoms with Crippen LogP contribution in [0.1, 0.15) is 11.1 Å². The van der Waals surface area contributed by atoms with Gasteiger partial charge in [0.1, 0.15) is 29.0 Å². The minimum atomic E-state index is -0.501. The van der Waals surface area contributed by atoms with E-state index in [1.165, 1.54) is 24.3 Å². The first kappa shape index (κ1) is 19.8. The van der Waals surface area contributed by atoms with Gasteiger partial charge in [-0.25, -0.2) is 0 Å². The molecule has 1 fully saturated rings. The number of amides is 1. The fraction of sp³-hybridized carbons (Fsp3) is 0.158. The molecule has 9 heteroatoms. The van der Waals surface area contributed by atoms with Gasteiger partial charge in [-0.05, 0) is 31.2 Å². The standard InChI is InChI=1S/C19H16N2O5S2/c1-12-2-5-15(6-3-12)25-8-9-26-16-7-4-14(21(23)24)10-13(16)11-17-18(22)20-19(27)28-17/h2-7,10-11H,8-9H2,1H3,(H,20,22,27)/b17-11-. The number of carbonyl (C=O) groups is 1. The van der Waals surface area contributed by atoms with Crippen LogP contribution in [0.4, 0.5) is 5.69 Å². The van der Waals surface area contributed by atoms with Crippen molar-refractivity contribution in [3.63, 3.8) is 0 Å². The number of benzene rings is 2. The molecule has 1 N–H and O–H groups in total. The maximum absolute atomic E-state index is 11.9. The first-order chi connectivity index (χ1) is 13.4. The summed E-state index contributed by atoms with van der Waals surface area (Å²) in [4.78, 5) is 22.8. The molecule has 0 aliphatic carbocycles. The summed E-state index contributed by atoms with van der Waals surface area (Å²) >= 11 is 6.06. The molecule has 1 heterocycles. The van der Waals surface area contributed by atoms with E-state index in [9.17, 15) is 14.9 Å². The van der Waals surface area contributed by atoms with Crippen molar-refractivity contribution in [1.29, 1.82) is 0 Å². The van der Waals surface area contributed by atoms with Gasteiger partial charge in [0.2, 0.25) is 0 Å². The molecule has 7 nitrogen and oxygen atoms in total. The summed E-state index contributed by atoms with van der Waals surface area (Å²) in [5.74, 6) is 0.805. The minimum absolute atomic E-state index is 0.0962. The fourth-order valence-electron chi connectivity index (χ4n) is 2.40. The Kier molecular flexibility index (Phi) is 6.27. The zero-order valence-corrected chi connectivity index (χ0v) is 16.5. The van der Waals surface area contributed by atoms with Gasteiger partial charge >= 0.3 is 0 Å². The molecule has 2 aromatic carbocycles. The van der Waals surface area contributed by atoms with Gasteiger partial charge in [0.25, 0.3) is 11.6 Å². The number of nitro groups is 1. The maximum atomic E-state index is 11.9. The molecule has 1 aliphatic heterocycles. The predicted molar refractivity (Wildman–Crippen MR) is 112 cm³/mol. The van der Waals surface area contributed by atoms with Gasteiger partial charge in [-0.2, -0.15) is 0 Å². The molecule has 3 rings (SSSR count). The van der Waals surface area contributed by atoms with Gasteiger partial charge < -0.3 is 14.8 Å². The van der Waals surface area contributed by atoms with Crippen LogP contribution in [0.3, 0.4) is 0 Å². The minimum Gasteiger partial charge on any atom is -0.490 e.